The van der Waals surface area contributed by atoms with E-state index in [1.54, 1.807) is 12.1 Å². The van der Waals surface area contributed by atoms with Gasteiger partial charge in [0.1, 0.15) is 11.9 Å². The van der Waals surface area contributed by atoms with Gasteiger partial charge in [0.15, 0.2) is 0 Å². The van der Waals surface area contributed by atoms with Crippen molar-refractivity contribution in [3.63, 3.8) is 0 Å². The molecule has 2 N–H and O–H groups in total. The van der Waals surface area contributed by atoms with E-state index in [4.69, 9.17) is 4.74 Å². The molecule has 0 spiro atoms. The zero-order valence-electron chi connectivity index (χ0n) is 19.0. The van der Waals surface area contributed by atoms with Crippen molar-refractivity contribution in [3.8, 4) is 0 Å². The van der Waals surface area contributed by atoms with Crippen LogP contribution in [-0.4, -0.2) is 29.8 Å². The first-order valence-corrected chi connectivity index (χ1v) is 11.4. The molecule has 1 saturated heterocycles. The van der Waals surface area contributed by atoms with E-state index in [0.717, 1.165) is 0 Å². The third-order valence-electron chi connectivity index (χ3n) is 7.18. The summed E-state index contributed by atoms with van der Waals surface area (Å²) >= 11 is 0. The zero-order chi connectivity index (χ0) is 26.4. The van der Waals surface area contributed by atoms with Crippen LogP contribution in [-0.2, 0) is 21.9 Å². The first-order chi connectivity index (χ1) is 16.8. The lowest BCUT2D eigenvalue weighted by Gasteiger charge is -2.41. The van der Waals surface area contributed by atoms with Gasteiger partial charge in [0.2, 0.25) is 0 Å². The maximum Gasteiger partial charge on any atom is 0.416 e. The molecule has 2 fully saturated rings. The van der Waals surface area contributed by atoms with Crippen LogP contribution in [0.5, 0.6) is 0 Å². The van der Waals surface area contributed by atoms with E-state index in [-0.39, 0.29) is 23.5 Å². The van der Waals surface area contributed by atoms with Crippen molar-refractivity contribution in [1.82, 2.24) is 5.32 Å². The fourth-order valence-electron chi connectivity index (χ4n) is 5.52. The Morgan fingerprint density at radius 1 is 0.972 bits per heavy atom. The topological polar surface area (TPSA) is 58.6 Å². The minimum absolute atomic E-state index is 0.0684. The van der Waals surface area contributed by atoms with Gasteiger partial charge in [-0.3, -0.25) is 4.79 Å². The molecule has 0 aromatic heterocycles. The molecule has 4 nitrogen and oxygen atoms in total. The molecule has 36 heavy (non-hydrogen) atoms. The van der Waals surface area contributed by atoms with Gasteiger partial charge in [0.25, 0.3) is 0 Å². The summed E-state index contributed by atoms with van der Waals surface area (Å²) in [4.78, 5) is 11.7. The van der Waals surface area contributed by atoms with Crippen LogP contribution in [0, 0.1) is 17.7 Å². The number of hydrogen-bond acceptors (Lipinski definition) is 3. The Hall–Kier alpha value is -2.66. The normalized spacial score (nSPS) is 27.5. The summed E-state index contributed by atoms with van der Waals surface area (Å²) in [5.41, 5.74) is -2.46. The summed E-state index contributed by atoms with van der Waals surface area (Å²) < 4.78 is 99.7. The molecule has 1 aliphatic carbocycles. The molecule has 2 aromatic rings. The molecule has 2 aromatic carbocycles. The third kappa shape index (κ3) is 5.36. The number of rotatable bonds is 5. The van der Waals surface area contributed by atoms with E-state index in [0.29, 0.717) is 37.1 Å². The van der Waals surface area contributed by atoms with E-state index in [1.807, 2.05) is 0 Å². The molecule has 2 aliphatic rings. The SMILES string of the molecule is C[C@@H](O[C@H]1CC[C@H]2C(C(=O)O)NC[C@H]2[C@@H]1c1ccc(F)cc1)c1cc(C(F)(F)F)cc(C(F)(F)F)c1. The minimum atomic E-state index is -4.98. The standard InChI is InChI=1S/C25H24F7NO3/c1-12(14-8-15(24(27,28)29)10-16(9-14)25(30,31)32)36-20-7-6-18-19(11-33-22(18)23(34)35)21(20)13-2-4-17(26)5-3-13/h2-5,8-10,12,18-22,33H,6-7,11H2,1H3,(H,34,35)/t12-,18-,19-,20+,21+,22?/m1/s1. The average molecular weight is 519 g/mol. The number of hydrogen-bond donors (Lipinski definition) is 2. The van der Waals surface area contributed by atoms with E-state index in [1.165, 1.54) is 19.1 Å². The second kappa shape index (κ2) is 9.66. The summed E-state index contributed by atoms with van der Waals surface area (Å²) in [5, 5.41) is 12.5. The highest BCUT2D eigenvalue weighted by molar-refractivity contribution is 5.74. The van der Waals surface area contributed by atoms with Crippen molar-refractivity contribution < 1.29 is 45.4 Å². The number of ether oxygens (including phenoxy) is 1. The van der Waals surface area contributed by atoms with Gasteiger partial charge in [-0.05, 0) is 79.6 Å². The van der Waals surface area contributed by atoms with Crippen LogP contribution >= 0.6 is 0 Å². The van der Waals surface area contributed by atoms with Crippen LogP contribution in [0.4, 0.5) is 30.7 Å². The lowest BCUT2D eigenvalue weighted by atomic mass is 9.67. The Morgan fingerprint density at radius 3 is 2.08 bits per heavy atom. The average Bonchev–Trinajstić information content (AvgIpc) is 3.23. The minimum Gasteiger partial charge on any atom is -0.480 e. The number of benzene rings is 2. The highest BCUT2D eigenvalue weighted by Gasteiger charge is 2.50. The molecule has 196 valence electrons. The number of alkyl halides is 6. The fraction of sp³-hybridized carbons (Fsp3) is 0.480. The highest BCUT2D eigenvalue weighted by atomic mass is 19.4. The van der Waals surface area contributed by atoms with Crippen molar-refractivity contribution in [2.24, 2.45) is 11.8 Å². The second-order valence-electron chi connectivity index (χ2n) is 9.36. The van der Waals surface area contributed by atoms with Gasteiger partial charge in [-0.15, -0.1) is 0 Å². The van der Waals surface area contributed by atoms with Gasteiger partial charge >= 0.3 is 18.3 Å². The van der Waals surface area contributed by atoms with Gasteiger partial charge in [-0.1, -0.05) is 12.1 Å². The molecular formula is C25H24F7NO3. The Labute approximate surface area is 202 Å². The quantitative estimate of drug-likeness (QED) is 0.464. The summed E-state index contributed by atoms with van der Waals surface area (Å²) in [5.74, 6) is -2.39. The van der Waals surface area contributed by atoms with Gasteiger partial charge in [-0.2, -0.15) is 26.3 Å². The first-order valence-electron chi connectivity index (χ1n) is 11.4. The largest absolute Gasteiger partial charge is 0.480 e. The fourth-order valence-corrected chi connectivity index (χ4v) is 5.52. The number of carbonyl (C=O) groups is 1. The van der Waals surface area contributed by atoms with Gasteiger partial charge in [0.05, 0.1) is 23.3 Å². The molecule has 0 amide bonds. The summed E-state index contributed by atoms with van der Waals surface area (Å²) in [6, 6.07) is 6.17. The highest BCUT2D eigenvalue weighted by Crippen LogP contribution is 2.48. The summed E-state index contributed by atoms with van der Waals surface area (Å²) in [7, 11) is 0. The molecule has 0 radical (unpaired) electrons. The smallest absolute Gasteiger partial charge is 0.416 e. The monoisotopic (exact) mass is 519 g/mol. The van der Waals surface area contributed by atoms with E-state index < -0.39 is 59.4 Å². The number of carboxylic acid groups (broad SMARTS) is 1. The second-order valence-corrected chi connectivity index (χ2v) is 9.36. The summed E-state index contributed by atoms with van der Waals surface area (Å²) in [6.07, 6.45) is -10.9. The van der Waals surface area contributed by atoms with Crippen molar-refractivity contribution >= 4 is 5.97 Å². The van der Waals surface area contributed by atoms with Crippen LogP contribution in [0.2, 0.25) is 0 Å². The van der Waals surface area contributed by atoms with E-state index in [9.17, 15) is 40.6 Å². The van der Waals surface area contributed by atoms with E-state index in [2.05, 4.69) is 5.32 Å². The van der Waals surface area contributed by atoms with Crippen molar-refractivity contribution in [3.05, 3.63) is 70.5 Å². The molecule has 1 heterocycles. The predicted octanol–water partition coefficient (Wildman–Crippen LogP) is 6.18. The first kappa shape index (κ1) is 26.4. The zero-order valence-corrected chi connectivity index (χ0v) is 19.0. The van der Waals surface area contributed by atoms with Crippen LogP contribution in [0.1, 0.15) is 54.0 Å². The predicted molar refractivity (Wildman–Crippen MR) is 115 cm³/mol. The summed E-state index contributed by atoms with van der Waals surface area (Å²) in [6.45, 7) is 1.72. The Kier molecular flexibility index (Phi) is 7.09. The molecule has 0 bridgehead atoms. The molecule has 1 unspecified atom stereocenters. The molecule has 4 rings (SSSR count). The molecule has 11 heteroatoms. The number of fused-ring (bicyclic) bond motifs is 1. The van der Waals surface area contributed by atoms with Gasteiger partial charge < -0.3 is 15.2 Å². The lowest BCUT2D eigenvalue weighted by molar-refractivity contribution is -0.144. The molecular weight excluding hydrogens is 495 g/mol. The number of carboxylic acids is 1. The van der Waals surface area contributed by atoms with Crippen LogP contribution < -0.4 is 5.32 Å². The Morgan fingerprint density at radius 2 is 1.56 bits per heavy atom. The molecule has 1 aliphatic heterocycles. The Balaban J connectivity index is 1.67. The Bertz CT molecular complexity index is 1070. The lowest BCUT2D eigenvalue weighted by Crippen LogP contribution is -2.41. The number of aliphatic carboxylic acids is 1. The molecule has 1 saturated carbocycles. The van der Waals surface area contributed by atoms with Crippen LogP contribution in [0.15, 0.2) is 42.5 Å². The van der Waals surface area contributed by atoms with Gasteiger partial charge in [-0.25, -0.2) is 4.39 Å². The van der Waals surface area contributed by atoms with Crippen molar-refractivity contribution in [1.29, 1.82) is 0 Å². The number of nitrogens with one attached hydrogen (secondary N) is 1. The van der Waals surface area contributed by atoms with Crippen molar-refractivity contribution in [2.75, 3.05) is 6.54 Å². The van der Waals surface area contributed by atoms with Crippen LogP contribution in [0.25, 0.3) is 0 Å². The van der Waals surface area contributed by atoms with E-state index >= 15 is 0 Å². The van der Waals surface area contributed by atoms with Gasteiger partial charge in [0, 0.05) is 5.92 Å². The van der Waals surface area contributed by atoms with Crippen LogP contribution in [0.3, 0.4) is 0 Å². The molecule has 6 atom stereocenters. The van der Waals surface area contributed by atoms with Crippen molar-refractivity contribution in [2.45, 2.75) is 56.3 Å². The number of halogens is 7. The maximum atomic E-state index is 13.6. The third-order valence-corrected chi connectivity index (χ3v) is 7.18. The maximum absolute atomic E-state index is 13.6.